The Morgan fingerprint density at radius 3 is 2.08 bits per heavy atom. The Balaban J connectivity index is 1.04. The van der Waals surface area contributed by atoms with E-state index in [1.807, 2.05) is 0 Å². The summed E-state index contributed by atoms with van der Waals surface area (Å²) >= 11 is 0. The molecule has 2 fully saturated rings. The van der Waals surface area contributed by atoms with Gasteiger partial charge in [-0.05, 0) is 0 Å². The molecule has 2 saturated heterocycles. The number of phosphoric acid groups is 2. The molecule has 0 spiro atoms. The molecule has 3 aromatic rings. The van der Waals surface area contributed by atoms with E-state index in [0.29, 0.717) is 0 Å². The summed E-state index contributed by atoms with van der Waals surface area (Å²) in [6, 6.07) is 0. The van der Waals surface area contributed by atoms with Gasteiger partial charge in [0, 0.05) is 7.05 Å². The van der Waals surface area contributed by atoms with Gasteiger partial charge in [0.1, 0.15) is 42.3 Å². The van der Waals surface area contributed by atoms with Crippen LogP contribution in [-0.4, -0.2) is 132 Å². The van der Waals surface area contributed by atoms with Gasteiger partial charge in [0.2, 0.25) is 25.3 Å². The first-order valence-electron chi connectivity index (χ1n) is 15.0. The number of nitrogens with two attached hydrogens (primary N) is 2. The van der Waals surface area contributed by atoms with E-state index in [-0.39, 0.29) is 41.2 Å². The molecular weight excluding hydrogens is 780 g/mol. The molecule has 0 amide bonds. The summed E-state index contributed by atoms with van der Waals surface area (Å²) < 4.78 is 69.5. The molecular formula is C22H33BN10O17P3+. The molecule has 31 heteroatoms. The van der Waals surface area contributed by atoms with Crippen molar-refractivity contribution < 1.29 is 75.6 Å². The first kappa shape index (κ1) is 39.4. The highest BCUT2D eigenvalue weighted by Crippen LogP contribution is 2.67. The van der Waals surface area contributed by atoms with Crippen LogP contribution < -0.4 is 37.0 Å². The molecule has 53 heavy (non-hydrogen) atoms. The van der Waals surface area contributed by atoms with Crippen LogP contribution in [0.1, 0.15) is 6.23 Å². The Hall–Kier alpha value is -3.30. The molecule has 3 aliphatic heterocycles. The van der Waals surface area contributed by atoms with Gasteiger partial charge in [0.15, 0.2) is 18.4 Å². The van der Waals surface area contributed by atoms with Crippen molar-refractivity contribution >= 4 is 65.3 Å². The third-order valence-corrected chi connectivity index (χ3v) is 12.6. The van der Waals surface area contributed by atoms with Gasteiger partial charge < -0.3 is 61.0 Å². The lowest BCUT2D eigenvalue weighted by Crippen LogP contribution is -2.46. The van der Waals surface area contributed by atoms with Gasteiger partial charge in [-0.2, -0.15) is 4.98 Å². The second-order valence-electron chi connectivity index (χ2n) is 12.0. The zero-order valence-electron chi connectivity index (χ0n) is 27.2. The molecule has 0 aliphatic carbocycles. The van der Waals surface area contributed by atoms with Crippen LogP contribution in [0.2, 0.25) is 0 Å². The molecule has 2 radical (unpaired) electrons. The van der Waals surface area contributed by atoms with Crippen molar-refractivity contribution in [2.45, 2.75) is 49.1 Å². The number of aliphatic hydroxyl groups excluding tert-OH is 4. The summed E-state index contributed by atoms with van der Waals surface area (Å²) in [5.74, 6) is -0.504. The van der Waals surface area contributed by atoms with Crippen molar-refractivity contribution in [2.75, 3.05) is 48.2 Å². The fourth-order valence-electron chi connectivity index (χ4n) is 5.94. The van der Waals surface area contributed by atoms with Gasteiger partial charge in [0.05, 0.1) is 26.9 Å². The molecule has 6 rings (SSSR count). The van der Waals surface area contributed by atoms with Crippen molar-refractivity contribution in [2.24, 2.45) is 7.05 Å². The minimum atomic E-state index is -5.56. The number of nitrogens with one attached hydrogen (secondary N) is 2. The molecule has 0 bridgehead atoms. The van der Waals surface area contributed by atoms with Crippen molar-refractivity contribution in [1.29, 1.82) is 0 Å². The fraction of sp³-hybridized carbons (Fsp3) is 0.591. The normalized spacial score (nSPS) is 30.7. The van der Waals surface area contributed by atoms with E-state index < -0.39 is 96.5 Å². The molecule has 11 atom stereocenters. The first-order valence-corrected chi connectivity index (χ1v) is 19.6. The van der Waals surface area contributed by atoms with Crippen molar-refractivity contribution in [3.8, 4) is 0 Å². The van der Waals surface area contributed by atoms with Crippen molar-refractivity contribution in [3.05, 3.63) is 27.0 Å². The minimum absolute atomic E-state index is 0.00835. The Morgan fingerprint density at radius 2 is 1.45 bits per heavy atom. The molecule has 0 saturated carbocycles. The van der Waals surface area contributed by atoms with Crippen molar-refractivity contribution in [3.63, 3.8) is 0 Å². The van der Waals surface area contributed by atoms with E-state index >= 15 is 0 Å². The number of phosphoric ester groups is 2. The Kier molecular flexibility index (Phi) is 10.5. The highest BCUT2D eigenvalue weighted by Gasteiger charge is 2.51. The van der Waals surface area contributed by atoms with E-state index in [4.69, 9.17) is 37.6 Å². The molecule has 3 aliphatic rings. The zero-order valence-corrected chi connectivity index (χ0v) is 29.9. The van der Waals surface area contributed by atoms with Gasteiger partial charge in [-0.25, -0.2) is 22.3 Å². The molecule has 12 N–H and O–H groups in total. The first-order chi connectivity index (χ1) is 24.6. The molecule has 27 nitrogen and oxygen atoms in total. The van der Waals surface area contributed by atoms with E-state index in [1.165, 1.54) is 39.4 Å². The fourth-order valence-corrected chi connectivity index (χ4v) is 9.68. The highest BCUT2D eigenvalue weighted by molar-refractivity contribution is 7.86. The summed E-state index contributed by atoms with van der Waals surface area (Å²) in [4.78, 5) is 60.4. The second-order valence-corrected chi connectivity index (χ2v) is 16.8. The lowest BCUT2D eigenvalue weighted by atomic mass is 10.1. The zero-order chi connectivity index (χ0) is 38.9. The predicted molar refractivity (Wildman–Crippen MR) is 175 cm³/mol. The van der Waals surface area contributed by atoms with Crippen LogP contribution in [0.25, 0.3) is 11.2 Å². The maximum absolute atomic E-state index is 12.7. The number of aryl methyl sites for hydroxylation is 1. The monoisotopic (exact) mass is 813 g/mol. The van der Waals surface area contributed by atoms with E-state index in [9.17, 15) is 53.5 Å². The molecule has 6 heterocycles. The van der Waals surface area contributed by atoms with Crippen LogP contribution in [0, 0.1) is 0 Å². The third kappa shape index (κ3) is 7.80. The van der Waals surface area contributed by atoms with Crippen LogP contribution in [0.3, 0.4) is 0 Å². The van der Waals surface area contributed by atoms with Crippen LogP contribution in [0.5, 0.6) is 0 Å². The molecule has 3 aromatic heterocycles. The average Bonchev–Trinajstić information content (AvgIpc) is 3.71. The summed E-state index contributed by atoms with van der Waals surface area (Å²) in [6.45, 7) is -2.09. The predicted octanol–water partition coefficient (Wildman–Crippen LogP) is -4.68. The third-order valence-electron chi connectivity index (χ3n) is 8.20. The number of aromatic nitrogens is 6. The van der Waals surface area contributed by atoms with E-state index in [0.717, 1.165) is 0 Å². The number of nitrogens with zero attached hydrogens (tertiary/aromatic N) is 6. The average molecular weight is 813 g/mol. The van der Waals surface area contributed by atoms with Gasteiger partial charge in [-0.1, -0.05) is 4.98 Å². The van der Waals surface area contributed by atoms with E-state index in [1.54, 1.807) is 0 Å². The summed E-state index contributed by atoms with van der Waals surface area (Å²) in [6.07, 6.45) is -11.5. The number of hydrogen-bond acceptors (Lipinski definition) is 21. The number of imidazole rings is 1. The Morgan fingerprint density at radius 1 is 0.906 bits per heavy atom. The van der Waals surface area contributed by atoms with Crippen LogP contribution in [0.4, 0.5) is 23.4 Å². The van der Waals surface area contributed by atoms with Crippen LogP contribution in [-0.2, 0) is 47.9 Å². The van der Waals surface area contributed by atoms with E-state index in [2.05, 4.69) is 28.6 Å². The standard InChI is InChI=1S/C22H32BN10O17P3/c1-30-5-32(15-9(30)17(38)28-21(24)26-15)19-13(36)11(34)7(47-19)3-45-52(41,42)49-51(23,40)50-53(43,44)46-4-8-12(35)14(37)20(48-8)33-6-31(2)10-16(33)27-22(25)29-18(10)39/h5,7-8,11-14,19-20,34-37H,3-4,6H2,1-2H3,(H7-,24,25,26,27,28,29,38,39,41,42,43,44)/p+1/t7-,8-,11-,12-,13-,14-,19-,20-,51?/m1/s1. The number of ether oxygens (including phenoxy) is 2. The number of nitrogen functional groups attached to an aromatic ring is 2. The number of aliphatic hydroxyl groups is 4. The summed E-state index contributed by atoms with van der Waals surface area (Å²) in [7, 11) is -8.35. The lowest BCUT2D eigenvalue weighted by Gasteiger charge is -2.27. The Bertz CT molecular complexity index is 2170. The summed E-state index contributed by atoms with van der Waals surface area (Å²) in [5.41, 5.74) is 10.1. The minimum Gasteiger partial charge on any atom is -0.387 e. The number of anilines is 4. The summed E-state index contributed by atoms with van der Waals surface area (Å²) in [5, 5.41) is 42.4. The number of aromatic amines is 2. The van der Waals surface area contributed by atoms with Gasteiger partial charge in [-0.15, -0.1) is 0 Å². The molecule has 0 aromatic carbocycles. The number of fused-ring (bicyclic) bond motifs is 2. The van der Waals surface area contributed by atoms with Gasteiger partial charge in [-0.3, -0.25) is 37.7 Å². The Labute approximate surface area is 296 Å². The number of H-pyrrole nitrogens is 2. The topological polar surface area (TPSA) is 387 Å². The quantitative estimate of drug-likeness (QED) is 0.0467. The van der Waals surface area contributed by atoms with Crippen molar-refractivity contribution in [1.82, 2.24) is 24.5 Å². The lowest BCUT2D eigenvalue weighted by molar-refractivity contribution is -0.745. The maximum atomic E-state index is 12.7. The van der Waals surface area contributed by atoms with Gasteiger partial charge in [0.25, 0.3) is 24.5 Å². The SMILES string of the molecule is [B]P(=O)(OP(=O)(O)OC[C@H]1O[C@@H](N2CN(C)c3c2nc(N)[nH]c3=O)[C@H](O)[C@@H]1O)OP(=O)(O)OC[C@H]1O[C@@H]([n+]2cn(C)c3c(=O)[nH]c(N)nc32)[C@H](O)[C@@H]1O. The number of rotatable bonds is 12. The molecule has 290 valence electrons. The highest BCUT2D eigenvalue weighted by atomic mass is 31.3. The molecule has 3 unspecified atom stereocenters. The van der Waals surface area contributed by atoms with Gasteiger partial charge >= 0.3 is 21.3 Å². The number of hydrogen-bond donors (Lipinski definition) is 10. The smallest absolute Gasteiger partial charge is 0.387 e. The second kappa shape index (κ2) is 14.1. The largest absolute Gasteiger partial charge is 0.478 e. The van der Waals surface area contributed by atoms with Crippen LogP contribution in [0.15, 0.2) is 15.9 Å². The van der Waals surface area contributed by atoms with Crippen LogP contribution >= 0.6 is 23.1 Å². The maximum Gasteiger partial charge on any atom is 0.478 e.